The summed E-state index contributed by atoms with van der Waals surface area (Å²) in [6, 6.07) is 19.1. The second-order valence-corrected chi connectivity index (χ2v) is 11.7. The highest BCUT2D eigenvalue weighted by molar-refractivity contribution is 5.67. The molecule has 1 amide bonds. The van der Waals surface area contributed by atoms with Crippen molar-refractivity contribution >= 4 is 17.9 Å². The van der Waals surface area contributed by atoms with Gasteiger partial charge in [-0.3, -0.25) is 14.5 Å². The molecule has 3 aromatic rings. The molecule has 0 radical (unpaired) electrons. The Morgan fingerprint density at radius 2 is 1.44 bits per heavy atom. The maximum atomic E-state index is 11.5. The fourth-order valence-corrected chi connectivity index (χ4v) is 4.14. The van der Waals surface area contributed by atoms with Gasteiger partial charge < -0.3 is 39.6 Å². The molecule has 2 unspecified atom stereocenters. The second kappa shape index (κ2) is 28.6. The molecule has 0 aliphatic carbocycles. The lowest BCUT2D eigenvalue weighted by Gasteiger charge is -2.17. The number of nitrogens with two attached hydrogens (primary N) is 1. The number of nitro benzene ring substituents is 1. The van der Waals surface area contributed by atoms with Crippen LogP contribution in [0, 0.1) is 55.7 Å². The van der Waals surface area contributed by atoms with Gasteiger partial charge in [0.15, 0.2) is 0 Å². The monoisotopic (exact) mass is 754 g/mol. The van der Waals surface area contributed by atoms with Crippen LogP contribution in [-0.4, -0.2) is 69.4 Å². The average Bonchev–Trinajstić information content (AvgIpc) is 3.12. The highest BCUT2D eigenvalue weighted by atomic mass is 19.1. The van der Waals surface area contributed by atoms with Gasteiger partial charge in [-0.15, -0.1) is 0 Å². The normalized spacial score (nSPS) is 10.9. The van der Waals surface area contributed by atoms with E-state index >= 15 is 0 Å². The number of nitrogens with zero attached hydrogens (tertiary/aromatic N) is 3. The van der Waals surface area contributed by atoms with Crippen molar-refractivity contribution < 1.29 is 44.0 Å². The minimum atomic E-state index is -1.00. The van der Waals surface area contributed by atoms with Gasteiger partial charge in [0, 0.05) is 24.6 Å². The quantitative estimate of drug-likeness (QED) is 0.0380. The summed E-state index contributed by atoms with van der Waals surface area (Å²) in [5, 5.41) is 21.5. The fraction of sp³-hybridized carbons (Fsp3) is 0.436. The number of unbranched alkanes of at least 4 members (excludes halogenated alkanes) is 1. The van der Waals surface area contributed by atoms with Crippen molar-refractivity contribution in [3.63, 3.8) is 0 Å². The molecule has 0 bridgehead atoms. The molecule has 0 saturated heterocycles. The summed E-state index contributed by atoms with van der Waals surface area (Å²) >= 11 is 0. The third kappa shape index (κ3) is 21.4. The number of halogens is 1. The van der Waals surface area contributed by atoms with Crippen molar-refractivity contribution in [2.75, 3.05) is 40.1 Å². The number of non-ortho nitro benzene ring substituents is 1. The maximum Gasteiger partial charge on any atom is 0.513 e. The number of aryl methyl sites for hydroxylation is 4. The molecule has 294 valence electrons. The number of hydrogen-bond acceptors (Lipinski definition) is 11. The molecule has 15 heteroatoms. The van der Waals surface area contributed by atoms with Gasteiger partial charge in [0.25, 0.3) is 5.69 Å². The number of carbonyl (C=O) groups is 2. The Kier molecular flexibility index (Phi) is 24.4. The molecule has 54 heavy (non-hydrogen) atoms. The number of ether oxygens (including phenoxy) is 5. The minimum absolute atomic E-state index is 0.0824. The Morgan fingerprint density at radius 1 is 0.944 bits per heavy atom. The molecule has 14 nitrogen and oxygen atoms in total. The van der Waals surface area contributed by atoms with Crippen LogP contribution < -0.4 is 25.3 Å². The largest absolute Gasteiger partial charge is 0.513 e. The predicted molar refractivity (Wildman–Crippen MR) is 203 cm³/mol. The van der Waals surface area contributed by atoms with Crippen molar-refractivity contribution in [1.82, 2.24) is 5.32 Å². The lowest BCUT2D eigenvalue weighted by Crippen LogP contribution is -2.37. The zero-order valence-electron chi connectivity index (χ0n) is 32.8. The van der Waals surface area contributed by atoms with E-state index in [0.29, 0.717) is 32.5 Å². The van der Waals surface area contributed by atoms with E-state index in [4.69, 9.17) is 37.9 Å². The molecule has 3 N–H and O–H groups in total. The zero-order chi connectivity index (χ0) is 41.6. The average molecular weight is 755 g/mol. The number of nitro groups is 1. The van der Waals surface area contributed by atoms with Gasteiger partial charge in [-0.25, -0.2) is 16.2 Å². The molecule has 3 rings (SSSR count). The third-order valence-corrected chi connectivity index (χ3v) is 6.70. The Balaban J connectivity index is 0.000000784. The van der Waals surface area contributed by atoms with Crippen LogP contribution >= 0.6 is 0 Å². The Morgan fingerprint density at radius 3 is 1.91 bits per heavy atom. The van der Waals surface area contributed by atoms with Crippen molar-refractivity contribution in [1.29, 1.82) is 5.26 Å². The van der Waals surface area contributed by atoms with Crippen LogP contribution in [0.2, 0.25) is 0 Å². The Labute approximate surface area is 318 Å². The Hall–Kier alpha value is -5.93. The molecule has 0 aliphatic heterocycles. The van der Waals surface area contributed by atoms with Crippen LogP contribution in [0.25, 0.3) is 4.85 Å². The SMILES string of the molecule is Cc1cccc(C)c1OCC(C)N.Cc1cccc(C)c1OCC(C)NC(=O)OCCCC#N.[2H]CF.[C-]#[N+]CCCOC(=O)Oc1ccc([N+](=O)[O-])cc1. The first kappa shape index (κ1) is 46.1. The predicted octanol–water partition coefficient (Wildman–Crippen LogP) is 8.14. The van der Waals surface area contributed by atoms with Gasteiger partial charge in [0.05, 0.1) is 38.6 Å². The third-order valence-electron chi connectivity index (χ3n) is 6.70. The molecule has 3 aromatic carbocycles. The molecule has 0 saturated carbocycles. The van der Waals surface area contributed by atoms with Crippen molar-refractivity contribution in [3.05, 3.63) is 104 Å². The molecular weight excluding hydrogens is 701 g/mol. The first-order valence-electron chi connectivity index (χ1n) is 17.6. The van der Waals surface area contributed by atoms with Crippen LogP contribution in [0.5, 0.6) is 17.2 Å². The van der Waals surface area contributed by atoms with Gasteiger partial charge in [0.1, 0.15) is 37.1 Å². The van der Waals surface area contributed by atoms with Gasteiger partial charge in [-0.1, -0.05) is 36.4 Å². The maximum absolute atomic E-state index is 11.5. The van der Waals surface area contributed by atoms with Crippen molar-refractivity contribution in [3.8, 4) is 23.3 Å². The summed E-state index contributed by atoms with van der Waals surface area (Å²) in [5.74, 6) is 1.99. The van der Waals surface area contributed by atoms with Gasteiger partial charge in [0.2, 0.25) is 6.54 Å². The van der Waals surface area contributed by atoms with Crippen molar-refractivity contribution in [2.45, 2.75) is 72.9 Å². The van der Waals surface area contributed by atoms with Gasteiger partial charge in [-0.05, 0) is 82.3 Å². The number of amides is 1. The minimum Gasteiger partial charge on any atom is -0.491 e. The van der Waals surface area contributed by atoms with Gasteiger partial charge >= 0.3 is 12.2 Å². The lowest BCUT2D eigenvalue weighted by atomic mass is 10.1. The highest BCUT2D eigenvalue weighted by Crippen LogP contribution is 2.23. The van der Waals surface area contributed by atoms with Crippen LogP contribution in [0.15, 0.2) is 60.7 Å². The van der Waals surface area contributed by atoms with E-state index in [-0.39, 0.29) is 43.3 Å². The number of carbonyl (C=O) groups excluding carboxylic acids is 2. The van der Waals surface area contributed by atoms with E-state index in [2.05, 4.69) is 14.9 Å². The number of nitriles is 1. The molecule has 0 aromatic heterocycles. The Bertz CT molecular complexity index is 1620. The number of alkyl halides is 1. The summed E-state index contributed by atoms with van der Waals surface area (Å²) in [6.07, 6.45) is 0.00793. The van der Waals surface area contributed by atoms with E-state index in [1.54, 1.807) is 0 Å². The zero-order valence-corrected chi connectivity index (χ0v) is 31.8. The number of rotatable bonds is 15. The van der Waals surface area contributed by atoms with Crippen LogP contribution in [0.4, 0.5) is 19.7 Å². The number of alkyl carbamates (subject to hydrolysis) is 1. The summed E-state index contributed by atoms with van der Waals surface area (Å²) < 4.78 is 41.3. The van der Waals surface area contributed by atoms with E-state index in [1.165, 1.54) is 35.4 Å². The standard InChI is InChI=1S/C16H22N2O3.C11H10N2O5.C11H17NO.CH3F/c1-12-7-6-8-13(2)15(12)21-11-14(3)18-16(19)20-10-5-4-9-17;1-12-7-2-8-17-11(14)18-10-5-3-9(4-6-10)13(15)16;1-8-5-4-6-9(2)11(8)13-7-10(3)12;1-2/h6-8,14H,4-5,10-11H2,1-3H3,(H,18,19);3-6H,2,7-8H2;4-6,10H,7,12H2,1-3H3;1H3/i;;;1D. The number of benzene rings is 3. The summed E-state index contributed by atoms with van der Waals surface area (Å²) in [4.78, 5) is 35.6. The summed E-state index contributed by atoms with van der Waals surface area (Å²) in [6.45, 7) is 20.0. The summed E-state index contributed by atoms with van der Waals surface area (Å²) in [7, 11) is -1.00. The van der Waals surface area contributed by atoms with Gasteiger partial charge in [-0.2, -0.15) is 5.26 Å². The topological polar surface area (TPSA) is 190 Å². The fourth-order valence-electron chi connectivity index (χ4n) is 4.14. The van der Waals surface area contributed by atoms with Crippen LogP contribution in [0.1, 0.15) is 56.7 Å². The molecule has 0 aliphatic rings. The molecule has 0 fully saturated rings. The van der Waals surface area contributed by atoms with E-state index in [1.807, 2.05) is 84.0 Å². The smallest absolute Gasteiger partial charge is 0.491 e. The van der Waals surface area contributed by atoms with Crippen LogP contribution in [-0.2, 0) is 9.47 Å². The first-order chi connectivity index (χ1) is 26.2. The highest BCUT2D eigenvalue weighted by Gasteiger charge is 2.11. The van der Waals surface area contributed by atoms with E-state index in [0.717, 1.165) is 22.6 Å². The molecule has 0 heterocycles. The first-order valence-corrected chi connectivity index (χ1v) is 16.9. The molecule has 2 atom stereocenters. The van der Waals surface area contributed by atoms with Crippen molar-refractivity contribution in [2.24, 2.45) is 5.73 Å². The van der Waals surface area contributed by atoms with E-state index < -0.39 is 24.3 Å². The number of hydrogen-bond donors (Lipinski definition) is 2. The summed E-state index contributed by atoms with van der Waals surface area (Å²) in [5.41, 5.74) is 10.0. The number of para-hydroxylation sites is 2. The number of nitrogens with one attached hydrogen (secondary N) is 1. The van der Waals surface area contributed by atoms with Crippen LogP contribution in [0.3, 0.4) is 0 Å². The molecule has 0 spiro atoms. The molecular formula is C39H52FN5O9. The lowest BCUT2D eigenvalue weighted by molar-refractivity contribution is -0.384. The second-order valence-electron chi connectivity index (χ2n) is 11.7. The van der Waals surface area contributed by atoms with E-state index in [9.17, 15) is 24.1 Å².